The van der Waals surface area contributed by atoms with E-state index in [-0.39, 0.29) is 0 Å². The second-order valence-corrected chi connectivity index (χ2v) is 8.24. The third kappa shape index (κ3) is 8.20. The lowest BCUT2D eigenvalue weighted by molar-refractivity contribution is 0.493. The van der Waals surface area contributed by atoms with Crippen molar-refractivity contribution in [3.8, 4) is 0 Å². The number of hydrogen-bond acceptors (Lipinski definition) is 4. The smallest absolute Gasteiger partial charge is 0.226 e. The first kappa shape index (κ1) is 12.9. The quantitative estimate of drug-likeness (QED) is 0.721. The number of hydrogen-bond donors (Lipinski definition) is 1. The Balaban J connectivity index is 4.65. The average Bonchev–Trinajstić information content (AvgIpc) is 1.43. The Morgan fingerprint density at radius 1 is 1.08 bits per heavy atom. The van der Waals surface area contributed by atoms with E-state index in [0.29, 0.717) is 0 Å². The lowest BCUT2D eigenvalue weighted by Gasteiger charge is -2.19. The van der Waals surface area contributed by atoms with E-state index < -0.39 is 30.5 Å². The van der Waals surface area contributed by atoms with Gasteiger partial charge in [-0.25, -0.2) is 21.6 Å². The molecule has 0 aromatic heterocycles. The van der Waals surface area contributed by atoms with E-state index in [1.165, 1.54) is 0 Å². The highest BCUT2D eigenvalue weighted by Crippen LogP contribution is 2.03. The summed E-state index contributed by atoms with van der Waals surface area (Å²) >= 11 is 0. The summed E-state index contributed by atoms with van der Waals surface area (Å²) in [6.07, 6.45) is 0.884. The Morgan fingerprint density at radius 3 is 1.69 bits per heavy atom. The van der Waals surface area contributed by atoms with Crippen molar-refractivity contribution >= 4 is 19.9 Å². The van der Waals surface area contributed by atoms with Crippen LogP contribution in [-0.2, 0) is 19.9 Å². The molecule has 0 bridgehead atoms. The number of nitrogens with one attached hydrogen (secondary N) is 1. The standard InChI is InChI=1S/C6H15NO4S2/c1-6(2,3)7-13(10,11)5-12(4,8)9/h7H,5H2,1-4H3. The molecule has 13 heavy (non-hydrogen) atoms. The van der Waals surface area contributed by atoms with E-state index in [0.717, 1.165) is 6.26 Å². The third-order valence-corrected chi connectivity index (χ3v) is 4.71. The highest BCUT2D eigenvalue weighted by Gasteiger charge is 2.23. The lowest BCUT2D eigenvalue weighted by atomic mass is 10.1. The fourth-order valence-electron chi connectivity index (χ4n) is 0.778. The molecule has 0 rings (SSSR count). The first-order chi connectivity index (χ1) is 5.41. The molecule has 0 aliphatic heterocycles. The van der Waals surface area contributed by atoms with Crippen molar-refractivity contribution in [1.82, 2.24) is 4.72 Å². The lowest BCUT2D eigenvalue weighted by Crippen LogP contribution is -2.42. The Hall–Kier alpha value is -0.140. The summed E-state index contributed by atoms with van der Waals surface area (Å²) in [5.41, 5.74) is -0.649. The van der Waals surface area contributed by atoms with E-state index in [9.17, 15) is 16.8 Å². The largest absolute Gasteiger partial charge is 0.228 e. The molecular formula is C6H15NO4S2. The number of sulfone groups is 1. The highest BCUT2D eigenvalue weighted by molar-refractivity contribution is 8.06. The molecule has 5 nitrogen and oxygen atoms in total. The maximum Gasteiger partial charge on any atom is 0.226 e. The van der Waals surface area contributed by atoms with Crippen molar-refractivity contribution < 1.29 is 16.8 Å². The molecule has 7 heteroatoms. The molecule has 0 radical (unpaired) electrons. The maximum atomic E-state index is 11.2. The predicted molar refractivity (Wildman–Crippen MR) is 51.5 cm³/mol. The van der Waals surface area contributed by atoms with Gasteiger partial charge in [0.15, 0.2) is 14.9 Å². The average molecular weight is 229 g/mol. The van der Waals surface area contributed by atoms with Crippen LogP contribution in [0, 0.1) is 0 Å². The summed E-state index contributed by atoms with van der Waals surface area (Å²) in [6.45, 7) is 4.94. The van der Waals surface area contributed by atoms with Crippen molar-refractivity contribution in [2.75, 3.05) is 11.3 Å². The number of rotatable bonds is 3. The third-order valence-electron chi connectivity index (χ3n) is 0.831. The van der Waals surface area contributed by atoms with Gasteiger partial charge in [0.2, 0.25) is 10.0 Å². The van der Waals surface area contributed by atoms with Gasteiger partial charge < -0.3 is 0 Å². The molecule has 0 aromatic carbocycles. The molecule has 0 saturated heterocycles. The Kier molecular flexibility index (Phi) is 3.51. The van der Waals surface area contributed by atoms with E-state index >= 15 is 0 Å². The van der Waals surface area contributed by atoms with Crippen molar-refractivity contribution in [2.24, 2.45) is 0 Å². The highest BCUT2D eigenvalue weighted by atomic mass is 32.3. The van der Waals surface area contributed by atoms with Gasteiger partial charge in [-0.15, -0.1) is 0 Å². The number of sulfonamides is 1. The van der Waals surface area contributed by atoms with Crippen LogP contribution in [0.15, 0.2) is 0 Å². The van der Waals surface area contributed by atoms with Gasteiger partial charge in [-0.3, -0.25) is 0 Å². The normalized spacial score (nSPS) is 14.5. The fraction of sp³-hybridized carbons (Fsp3) is 1.00. The van der Waals surface area contributed by atoms with Crippen molar-refractivity contribution in [1.29, 1.82) is 0 Å². The van der Waals surface area contributed by atoms with Crippen LogP contribution >= 0.6 is 0 Å². The first-order valence-corrected chi connectivity index (χ1v) is 7.32. The van der Waals surface area contributed by atoms with Crippen LogP contribution in [0.5, 0.6) is 0 Å². The van der Waals surface area contributed by atoms with Crippen LogP contribution in [0.3, 0.4) is 0 Å². The molecule has 0 amide bonds. The zero-order chi connectivity index (χ0) is 10.9. The van der Waals surface area contributed by atoms with Crippen molar-refractivity contribution in [2.45, 2.75) is 26.3 Å². The molecule has 0 unspecified atom stereocenters. The second kappa shape index (κ2) is 3.55. The van der Waals surface area contributed by atoms with E-state index in [4.69, 9.17) is 0 Å². The van der Waals surface area contributed by atoms with E-state index in [1.54, 1.807) is 20.8 Å². The first-order valence-electron chi connectivity index (χ1n) is 3.61. The summed E-state index contributed by atoms with van der Waals surface area (Å²) in [7, 11) is -7.24. The zero-order valence-corrected chi connectivity index (χ0v) is 9.79. The summed E-state index contributed by atoms with van der Waals surface area (Å²) in [6, 6.07) is 0. The van der Waals surface area contributed by atoms with Crippen LogP contribution in [0.1, 0.15) is 20.8 Å². The molecule has 0 saturated carbocycles. The minimum absolute atomic E-state index is 0.649. The Bertz CT molecular complexity index is 360. The molecule has 0 aliphatic carbocycles. The molecule has 80 valence electrons. The maximum absolute atomic E-state index is 11.2. The van der Waals surface area contributed by atoms with Gasteiger partial charge in [0.25, 0.3) is 0 Å². The van der Waals surface area contributed by atoms with Gasteiger partial charge in [-0.1, -0.05) is 0 Å². The minimum atomic E-state index is -3.73. The van der Waals surface area contributed by atoms with Crippen molar-refractivity contribution in [3.63, 3.8) is 0 Å². The Labute approximate surface area is 79.5 Å². The molecule has 1 N–H and O–H groups in total. The predicted octanol–water partition coefficient (Wildman–Crippen LogP) is -0.294. The van der Waals surface area contributed by atoms with Crippen LogP contribution in [-0.4, -0.2) is 33.7 Å². The van der Waals surface area contributed by atoms with Gasteiger partial charge in [0, 0.05) is 11.8 Å². The SMILES string of the molecule is CC(C)(C)NS(=O)(=O)CS(C)(=O)=O. The Morgan fingerprint density at radius 2 is 1.46 bits per heavy atom. The second-order valence-electron chi connectivity index (χ2n) is 4.01. The van der Waals surface area contributed by atoms with Gasteiger partial charge in [-0.2, -0.15) is 0 Å². The van der Waals surface area contributed by atoms with Gasteiger partial charge in [-0.05, 0) is 20.8 Å². The topological polar surface area (TPSA) is 80.3 Å². The summed E-state index contributed by atoms with van der Waals surface area (Å²) in [5.74, 6) is 0. The fourth-order valence-corrected chi connectivity index (χ4v) is 4.20. The van der Waals surface area contributed by atoms with Crippen molar-refractivity contribution in [3.05, 3.63) is 0 Å². The van der Waals surface area contributed by atoms with E-state index in [1.807, 2.05) is 0 Å². The van der Waals surface area contributed by atoms with Crippen LogP contribution in [0.25, 0.3) is 0 Å². The molecular weight excluding hydrogens is 214 g/mol. The van der Waals surface area contributed by atoms with Gasteiger partial charge >= 0.3 is 0 Å². The molecule has 0 spiro atoms. The van der Waals surface area contributed by atoms with Gasteiger partial charge in [0.05, 0.1) is 0 Å². The minimum Gasteiger partial charge on any atom is -0.228 e. The summed E-state index contributed by atoms with van der Waals surface area (Å²) in [5, 5.41) is -0.864. The summed E-state index contributed by atoms with van der Waals surface area (Å²) < 4.78 is 46.0. The zero-order valence-electron chi connectivity index (χ0n) is 8.16. The molecule has 0 aliphatic rings. The van der Waals surface area contributed by atoms with Crippen LogP contribution in [0.4, 0.5) is 0 Å². The molecule has 0 aromatic rings. The molecule has 0 atom stereocenters. The van der Waals surface area contributed by atoms with Crippen LogP contribution < -0.4 is 4.72 Å². The van der Waals surface area contributed by atoms with Gasteiger partial charge in [0.1, 0.15) is 0 Å². The van der Waals surface area contributed by atoms with Crippen LogP contribution in [0.2, 0.25) is 0 Å². The molecule has 0 fully saturated rings. The van der Waals surface area contributed by atoms with E-state index in [2.05, 4.69) is 4.72 Å². The summed E-state index contributed by atoms with van der Waals surface area (Å²) in [4.78, 5) is 0. The monoisotopic (exact) mass is 229 g/mol. The molecule has 0 heterocycles.